The van der Waals surface area contributed by atoms with Crippen LogP contribution >= 0.6 is 11.8 Å². The Morgan fingerprint density at radius 2 is 1.88 bits per heavy atom. The molecule has 3 N–H and O–H groups in total. The SMILES string of the molecule is Nc1c(F)cc(-c2cncc3cc(/C=C4/SC(=O)NC4=O)oc23)cc1F. The highest BCUT2D eigenvalue weighted by atomic mass is 32.2. The largest absolute Gasteiger partial charge is 0.456 e. The average molecular weight is 373 g/mol. The number of aromatic nitrogens is 1. The van der Waals surface area contributed by atoms with Gasteiger partial charge in [0.1, 0.15) is 28.7 Å². The fourth-order valence-electron chi connectivity index (χ4n) is 2.55. The Kier molecular flexibility index (Phi) is 3.73. The molecule has 0 spiro atoms. The maximum absolute atomic E-state index is 13.8. The first-order valence-corrected chi connectivity index (χ1v) is 8.11. The zero-order valence-corrected chi connectivity index (χ0v) is 13.7. The number of hydrogen-bond donors (Lipinski definition) is 2. The van der Waals surface area contributed by atoms with E-state index in [0.29, 0.717) is 22.3 Å². The number of amides is 2. The molecule has 1 saturated heterocycles. The molecule has 1 aromatic carbocycles. The second kappa shape index (κ2) is 5.95. The number of nitrogens with two attached hydrogens (primary N) is 1. The standard InChI is InChI=1S/C17H9F2N3O3S/c18-11-2-7(3-12(19)14(11)20)10-6-21-5-8-1-9(25-15(8)10)4-13-16(23)22-17(24)26-13/h1-6H,20H2,(H,22,23,24)/b13-4+. The van der Waals surface area contributed by atoms with E-state index in [-0.39, 0.29) is 10.5 Å². The van der Waals surface area contributed by atoms with Gasteiger partial charge >= 0.3 is 0 Å². The number of benzene rings is 1. The monoisotopic (exact) mass is 373 g/mol. The summed E-state index contributed by atoms with van der Waals surface area (Å²) in [5.41, 5.74) is 5.65. The molecule has 0 saturated carbocycles. The molecule has 26 heavy (non-hydrogen) atoms. The summed E-state index contributed by atoms with van der Waals surface area (Å²) in [6.07, 6.45) is 4.34. The van der Waals surface area contributed by atoms with Crippen LogP contribution in [0.2, 0.25) is 0 Å². The Morgan fingerprint density at radius 1 is 1.15 bits per heavy atom. The molecule has 130 valence electrons. The maximum atomic E-state index is 13.8. The highest BCUT2D eigenvalue weighted by Crippen LogP contribution is 2.34. The van der Waals surface area contributed by atoms with E-state index in [2.05, 4.69) is 10.3 Å². The predicted molar refractivity (Wildman–Crippen MR) is 92.9 cm³/mol. The number of thioether (sulfide) groups is 1. The third-order valence-electron chi connectivity index (χ3n) is 3.75. The molecule has 1 aliphatic rings. The number of furan rings is 1. The van der Waals surface area contributed by atoms with Crippen molar-refractivity contribution in [3.63, 3.8) is 0 Å². The summed E-state index contributed by atoms with van der Waals surface area (Å²) in [7, 11) is 0. The van der Waals surface area contributed by atoms with Gasteiger partial charge in [-0.05, 0) is 35.5 Å². The van der Waals surface area contributed by atoms with Crippen molar-refractivity contribution in [3.05, 3.63) is 52.9 Å². The molecule has 0 unspecified atom stereocenters. The van der Waals surface area contributed by atoms with Crippen molar-refractivity contribution in [1.29, 1.82) is 0 Å². The van der Waals surface area contributed by atoms with Crippen LogP contribution in [-0.2, 0) is 4.79 Å². The zero-order valence-electron chi connectivity index (χ0n) is 12.9. The molecule has 2 aromatic heterocycles. The third-order valence-corrected chi connectivity index (χ3v) is 4.56. The Hall–Kier alpha value is -3.20. The number of pyridine rings is 1. The van der Waals surface area contributed by atoms with Crippen molar-refractivity contribution in [2.45, 2.75) is 0 Å². The van der Waals surface area contributed by atoms with Crippen LogP contribution in [0.15, 0.2) is 39.9 Å². The Balaban J connectivity index is 1.83. The second-order valence-electron chi connectivity index (χ2n) is 5.46. The van der Waals surface area contributed by atoms with Gasteiger partial charge in [0.15, 0.2) is 0 Å². The number of carbonyl (C=O) groups is 2. The van der Waals surface area contributed by atoms with Crippen molar-refractivity contribution in [2.24, 2.45) is 0 Å². The number of hydrogen-bond acceptors (Lipinski definition) is 6. The fourth-order valence-corrected chi connectivity index (χ4v) is 3.21. The van der Waals surface area contributed by atoms with E-state index in [1.807, 2.05) is 0 Å². The molecular weight excluding hydrogens is 364 g/mol. The van der Waals surface area contributed by atoms with Gasteiger partial charge in [0.2, 0.25) is 0 Å². The highest BCUT2D eigenvalue weighted by molar-refractivity contribution is 8.18. The van der Waals surface area contributed by atoms with Gasteiger partial charge < -0.3 is 10.2 Å². The molecule has 0 bridgehead atoms. The van der Waals surface area contributed by atoms with Crippen molar-refractivity contribution < 1.29 is 22.8 Å². The molecule has 1 aliphatic heterocycles. The first kappa shape index (κ1) is 16.3. The lowest BCUT2D eigenvalue weighted by Crippen LogP contribution is -2.17. The van der Waals surface area contributed by atoms with Crippen LogP contribution in [0.25, 0.3) is 28.2 Å². The van der Waals surface area contributed by atoms with Gasteiger partial charge in [-0.25, -0.2) is 8.78 Å². The minimum absolute atomic E-state index is 0.188. The average Bonchev–Trinajstić information content (AvgIpc) is 3.14. The van der Waals surface area contributed by atoms with Gasteiger partial charge in [0.25, 0.3) is 11.1 Å². The summed E-state index contributed by atoms with van der Waals surface area (Å²) >= 11 is 0.757. The van der Waals surface area contributed by atoms with E-state index in [1.54, 1.807) is 6.07 Å². The van der Waals surface area contributed by atoms with E-state index >= 15 is 0 Å². The van der Waals surface area contributed by atoms with Crippen LogP contribution in [0, 0.1) is 11.6 Å². The Bertz CT molecular complexity index is 1100. The molecule has 3 heterocycles. The van der Waals surface area contributed by atoms with Crippen molar-refractivity contribution in [1.82, 2.24) is 10.3 Å². The molecule has 0 atom stereocenters. The number of carbonyl (C=O) groups excluding carboxylic acids is 2. The van der Waals surface area contributed by atoms with Crippen molar-refractivity contribution in [3.8, 4) is 11.1 Å². The van der Waals surface area contributed by atoms with Crippen LogP contribution in [0.5, 0.6) is 0 Å². The maximum Gasteiger partial charge on any atom is 0.290 e. The van der Waals surface area contributed by atoms with Crippen LogP contribution in [-0.4, -0.2) is 16.1 Å². The van der Waals surface area contributed by atoms with Gasteiger partial charge in [-0.15, -0.1) is 0 Å². The smallest absolute Gasteiger partial charge is 0.290 e. The second-order valence-corrected chi connectivity index (χ2v) is 6.47. The molecule has 0 aliphatic carbocycles. The normalized spacial score (nSPS) is 15.8. The van der Waals surface area contributed by atoms with E-state index in [1.165, 1.54) is 18.5 Å². The highest BCUT2D eigenvalue weighted by Gasteiger charge is 2.25. The Labute approximate surface area is 149 Å². The van der Waals surface area contributed by atoms with Gasteiger partial charge in [-0.2, -0.15) is 0 Å². The number of nitrogen functional groups attached to an aromatic ring is 1. The van der Waals surface area contributed by atoms with Crippen molar-refractivity contribution >= 4 is 45.6 Å². The summed E-state index contributed by atoms with van der Waals surface area (Å²) in [6.45, 7) is 0. The van der Waals surface area contributed by atoms with E-state index in [4.69, 9.17) is 10.2 Å². The molecule has 9 heteroatoms. The van der Waals surface area contributed by atoms with Gasteiger partial charge in [-0.3, -0.25) is 19.9 Å². The van der Waals surface area contributed by atoms with Crippen LogP contribution in [0.1, 0.15) is 5.76 Å². The molecule has 4 rings (SSSR count). The number of halogens is 2. The summed E-state index contributed by atoms with van der Waals surface area (Å²) in [5.74, 6) is -1.98. The number of imide groups is 1. The summed E-state index contributed by atoms with van der Waals surface area (Å²) < 4.78 is 33.3. The molecule has 6 nitrogen and oxygen atoms in total. The van der Waals surface area contributed by atoms with Crippen molar-refractivity contribution in [2.75, 3.05) is 5.73 Å². The van der Waals surface area contributed by atoms with Gasteiger partial charge in [0.05, 0.1) is 4.91 Å². The number of nitrogens with one attached hydrogen (secondary N) is 1. The van der Waals surface area contributed by atoms with E-state index < -0.39 is 28.5 Å². The van der Waals surface area contributed by atoms with Gasteiger partial charge in [-0.1, -0.05) is 0 Å². The lowest BCUT2D eigenvalue weighted by molar-refractivity contribution is -0.115. The van der Waals surface area contributed by atoms with E-state index in [0.717, 1.165) is 23.9 Å². The minimum Gasteiger partial charge on any atom is -0.456 e. The summed E-state index contributed by atoms with van der Waals surface area (Å²) in [6, 6.07) is 3.79. The summed E-state index contributed by atoms with van der Waals surface area (Å²) in [5, 5.41) is 2.25. The number of rotatable bonds is 2. The first-order valence-electron chi connectivity index (χ1n) is 7.29. The fraction of sp³-hybridized carbons (Fsp3) is 0. The lowest BCUT2D eigenvalue weighted by Gasteiger charge is -2.05. The zero-order chi connectivity index (χ0) is 18.4. The topological polar surface area (TPSA) is 98.2 Å². The predicted octanol–water partition coefficient (Wildman–Crippen LogP) is 3.68. The van der Waals surface area contributed by atoms with Crippen LogP contribution in [0.4, 0.5) is 19.3 Å². The Morgan fingerprint density at radius 3 is 2.54 bits per heavy atom. The minimum atomic E-state index is -0.886. The summed E-state index contributed by atoms with van der Waals surface area (Å²) in [4.78, 5) is 27.1. The number of fused-ring (bicyclic) bond motifs is 1. The van der Waals surface area contributed by atoms with Crippen LogP contribution < -0.4 is 11.1 Å². The molecule has 3 aromatic rings. The number of nitrogens with zero attached hydrogens (tertiary/aromatic N) is 1. The molecule has 1 fully saturated rings. The third kappa shape index (κ3) is 2.72. The molecule has 2 amide bonds. The molecule has 0 radical (unpaired) electrons. The number of anilines is 1. The molecular formula is C17H9F2N3O3S. The van der Waals surface area contributed by atoms with E-state index in [9.17, 15) is 18.4 Å². The first-order chi connectivity index (χ1) is 12.4. The lowest BCUT2D eigenvalue weighted by atomic mass is 10.1. The van der Waals surface area contributed by atoms with Crippen LogP contribution in [0.3, 0.4) is 0 Å². The van der Waals surface area contributed by atoms with Gasteiger partial charge in [0, 0.05) is 29.4 Å². The quantitative estimate of drug-likeness (QED) is 0.525.